The van der Waals surface area contributed by atoms with E-state index in [1.165, 1.54) is 30.3 Å². The summed E-state index contributed by atoms with van der Waals surface area (Å²) in [6.45, 7) is 0. The van der Waals surface area contributed by atoms with Crippen molar-refractivity contribution in [3.63, 3.8) is 0 Å². The minimum Gasteiger partial charge on any atom is -0.507 e. The van der Waals surface area contributed by atoms with Gasteiger partial charge in [-0.1, -0.05) is 16.1 Å². The van der Waals surface area contributed by atoms with Gasteiger partial charge in [0.05, 0.1) is 56.6 Å². The van der Waals surface area contributed by atoms with Crippen LogP contribution in [0.1, 0.15) is 0 Å². The van der Waals surface area contributed by atoms with E-state index in [0.29, 0.717) is 50.8 Å². The fourth-order valence-corrected chi connectivity index (χ4v) is 7.23. The zero-order valence-electron chi connectivity index (χ0n) is 26.0. The molecule has 0 bridgehead atoms. The monoisotopic (exact) mass is 803 g/mol. The molecule has 0 amide bonds. The molecule has 8 N–H and O–H groups in total. The predicted octanol–water partition coefficient (Wildman–Crippen LogP) is 8.32. The Morgan fingerprint density at radius 1 is 0.623 bits per heavy atom. The summed E-state index contributed by atoms with van der Waals surface area (Å²) in [6, 6.07) is 17.6. The number of nitrogens with two attached hydrogens (primary N) is 1. The first kappa shape index (κ1) is 37.7. The smallest absolute Gasteiger partial charge is 0.296 e. The summed E-state index contributed by atoms with van der Waals surface area (Å²) in [4.78, 5) is -0.801. The van der Waals surface area contributed by atoms with Gasteiger partial charge in [-0.25, -0.2) is 10.5 Å². The van der Waals surface area contributed by atoms with Crippen molar-refractivity contribution in [1.82, 2.24) is 0 Å². The highest BCUT2D eigenvalue weighted by atomic mass is 32.2. The van der Waals surface area contributed by atoms with E-state index in [1.54, 1.807) is 24.3 Å². The number of hydrogen-bond acceptors (Lipinski definition) is 19. The molecule has 0 unspecified atom stereocenters. The van der Waals surface area contributed by atoms with Gasteiger partial charge in [0.2, 0.25) is 0 Å². The lowest BCUT2D eigenvalue weighted by Crippen LogP contribution is -2.03. The number of phenols is 2. The van der Waals surface area contributed by atoms with E-state index >= 15 is 0 Å². The molecule has 19 nitrogen and oxygen atoms in total. The molecule has 0 spiro atoms. The van der Waals surface area contributed by atoms with E-state index in [-0.39, 0.29) is 43.9 Å². The van der Waals surface area contributed by atoms with Crippen molar-refractivity contribution in [1.29, 1.82) is 0 Å². The SMILES string of the molecule is Nc1cc2c(O)c(N=Nc3ccc(N=Nc4ccc5c(O)cc(SOOO)cc5c4)c4ccc(S(=O)(=O)O)cc34)c(SOOO)cc2cc1S(=O)(=O)O. The van der Waals surface area contributed by atoms with Crippen LogP contribution in [0, 0.1) is 0 Å². The highest BCUT2D eigenvalue weighted by Gasteiger charge is 2.21. The van der Waals surface area contributed by atoms with Crippen LogP contribution in [0.3, 0.4) is 0 Å². The second-order valence-electron chi connectivity index (χ2n) is 10.6. The maximum Gasteiger partial charge on any atom is 0.296 e. The lowest BCUT2D eigenvalue weighted by atomic mass is 10.1. The Kier molecular flexibility index (Phi) is 10.8. The van der Waals surface area contributed by atoms with Crippen molar-refractivity contribution < 1.29 is 65.4 Å². The van der Waals surface area contributed by atoms with Crippen LogP contribution in [0.2, 0.25) is 0 Å². The maximum absolute atomic E-state index is 12.1. The van der Waals surface area contributed by atoms with Gasteiger partial charge >= 0.3 is 0 Å². The normalized spacial score (nSPS) is 12.6. The largest absolute Gasteiger partial charge is 0.507 e. The molecular weight excluding hydrogens is 783 g/mol. The number of azo groups is 2. The average Bonchev–Trinajstić information content (AvgIpc) is 3.11. The van der Waals surface area contributed by atoms with E-state index in [2.05, 4.69) is 39.2 Å². The molecule has 6 aromatic rings. The number of rotatable bonds is 12. The summed E-state index contributed by atoms with van der Waals surface area (Å²) in [5.41, 5.74) is 5.72. The molecule has 0 saturated carbocycles. The topological polar surface area (TPSA) is 302 Å². The minimum atomic E-state index is -4.75. The van der Waals surface area contributed by atoms with Crippen LogP contribution in [0.4, 0.5) is 28.4 Å². The summed E-state index contributed by atoms with van der Waals surface area (Å²) in [5.74, 6) is -0.659. The number of hydrogen-bond donors (Lipinski definition) is 7. The van der Waals surface area contributed by atoms with E-state index in [9.17, 15) is 36.2 Å². The third kappa shape index (κ3) is 8.15. The van der Waals surface area contributed by atoms with Gasteiger partial charge in [0.15, 0.2) is 5.75 Å². The number of nitrogens with zero attached hydrogens (tertiary/aromatic N) is 4. The number of aromatic hydroxyl groups is 2. The summed E-state index contributed by atoms with van der Waals surface area (Å²) in [6.07, 6.45) is 0. The van der Waals surface area contributed by atoms with Gasteiger partial charge in [0.1, 0.15) is 16.3 Å². The second kappa shape index (κ2) is 15.1. The molecule has 274 valence electrons. The van der Waals surface area contributed by atoms with E-state index in [1.807, 2.05) is 0 Å². The van der Waals surface area contributed by atoms with Crippen LogP contribution < -0.4 is 5.73 Å². The van der Waals surface area contributed by atoms with Crippen molar-refractivity contribution in [3.05, 3.63) is 78.9 Å². The number of fused-ring (bicyclic) bond motifs is 3. The Morgan fingerprint density at radius 2 is 1.28 bits per heavy atom. The van der Waals surface area contributed by atoms with Crippen molar-refractivity contribution in [2.45, 2.75) is 19.6 Å². The number of benzene rings is 6. The Bertz CT molecular complexity index is 2710. The Labute approximate surface area is 305 Å². The van der Waals surface area contributed by atoms with Gasteiger partial charge in [-0.2, -0.15) is 21.9 Å². The minimum absolute atomic E-state index is 0.0146. The Hall–Kier alpha value is -5.02. The molecule has 23 heteroatoms. The lowest BCUT2D eigenvalue weighted by molar-refractivity contribution is -0.432. The third-order valence-electron chi connectivity index (χ3n) is 7.43. The van der Waals surface area contributed by atoms with Gasteiger partial charge in [0, 0.05) is 26.4 Å². The zero-order chi connectivity index (χ0) is 38.1. The molecule has 0 radical (unpaired) electrons. The van der Waals surface area contributed by atoms with Crippen LogP contribution in [0.25, 0.3) is 32.3 Å². The Balaban J connectivity index is 1.45. The van der Waals surface area contributed by atoms with Crippen molar-refractivity contribution in [2.75, 3.05) is 5.73 Å². The quantitative estimate of drug-likeness (QED) is 0.0153. The molecule has 0 aliphatic rings. The first-order chi connectivity index (χ1) is 25.2. The van der Waals surface area contributed by atoms with Crippen LogP contribution in [-0.4, -0.2) is 46.7 Å². The molecule has 0 heterocycles. The fourth-order valence-electron chi connectivity index (χ4n) is 5.15. The molecule has 0 aromatic heterocycles. The molecular formula is C30H21N5O14S4. The Morgan fingerprint density at radius 3 is 1.98 bits per heavy atom. The third-order valence-corrected chi connectivity index (χ3v) is 10.4. The molecule has 0 aliphatic heterocycles. The summed E-state index contributed by atoms with van der Waals surface area (Å²) in [5, 5.41) is 64.4. The molecule has 53 heavy (non-hydrogen) atoms. The van der Waals surface area contributed by atoms with Crippen molar-refractivity contribution >= 4 is 105 Å². The molecule has 6 rings (SSSR count). The fraction of sp³-hybridized carbons (Fsp3) is 0. The van der Waals surface area contributed by atoms with Crippen LogP contribution in [0.5, 0.6) is 11.5 Å². The molecule has 0 fully saturated rings. The van der Waals surface area contributed by atoms with Gasteiger partial charge in [0.25, 0.3) is 20.2 Å². The van der Waals surface area contributed by atoms with E-state index in [4.69, 9.17) is 16.2 Å². The van der Waals surface area contributed by atoms with Gasteiger partial charge in [-0.05, 0) is 83.6 Å². The van der Waals surface area contributed by atoms with Crippen LogP contribution in [-0.2, 0) is 39.0 Å². The predicted molar refractivity (Wildman–Crippen MR) is 189 cm³/mol. The maximum atomic E-state index is 12.1. The van der Waals surface area contributed by atoms with Crippen molar-refractivity contribution in [2.24, 2.45) is 20.5 Å². The summed E-state index contributed by atoms with van der Waals surface area (Å²) < 4.78 is 76.0. The van der Waals surface area contributed by atoms with Crippen LogP contribution >= 0.6 is 24.1 Å². The van der Waals surface area contributed by atoms with E-state index in [0.717, 1.165) is 24.3 Å². The average molecular weight is 804 g/mol. The number of nitrogen functional groups attached to an aromatic ring is 1. The second-order valence-corrected chi connectivity index (χ2v) is 15.0. The number of phenolic OH excluding ortho intramolecular Hbond substituents is 2. The lowest BCUT2D eigenvalue weighted by Gasteiger charge is -2.11. The molecule has 0 aliphatic carbocycles. The molecule has 0 atom stereocenters. The highest BCUT2D eigenvalue weighted by Crippen LogP contribution is 2.46. The van der Waals surface area contributed by atoms with Crippen LogP contribution in [0.15, 0.2) is 119 Å². The van der Waals surface area contributed by atoms with Gasteiger partial charge < -0.3 is 15.9 Å². The molecule has 0 saturated heterocycles. The first-order valence-electron chi connectivity index (χ1n) is 14.2. The van der Waals surface area contributed by atoms with Crippen molar-refractivity contribution in [3.8, 4) is 11.5 Å². The van der Waals surface area contributed by atoms with E-state index < -0.39 is 41.5 Å². The standard InChI is InChI=1S/C30H21N5O14S4/c31-23-13-21-15(10-28(23)53(43,44)45)9-27(51-49-47-39)29(30(21)37)35-34-25-6-5-24(20-4-2-18(12-22(20)25)52(40,41)42)33-32-16-1-3-19-14(7-16)8-17(11-26(19)36)50-48-46-38/h1-13,36-39H,31H2,(H,40,41,42)(H,43,44,45). The highest BCUT2D eigenvalue weighted by molar-refractivity contribution is 7.95. The van der Waals surface area contributed by atoms with Gasteiger partial charge in [-0.15, -0.1) is 24.0 Å². The first-order valence-corrected chi connectivity index (χ1v) is 18.5. The van der Waals surface area contributed by atoms with Gasteiger partial charge in [-0.3, -0.25) is 9.11 Å². The summed E-state index contributed by atoms with van der Waals surface area (Å²) >= 11 is 0.992. The zero-order valence-corrected chi connectivity index (χ0v) is 29.2. The summed E-state index contributed by atoms with van der Waals surface area (Å²) in [7, 11) is -9.44. The molecule has 6 aromatic carbocycles. The number of anilines is 1.